The van der Waals surface area contributed by atoms with Gasteiger partial charge in [0.05, 0.1) is 5.69 Å². The summed E-state index contributed by atoms with van der Waals surface area (Å²) >= 11 is 0. The smallest absolute Gasteiger partial charge is 0.255 e. The number of nitrogens with zero attached hydrogens (tertiary/aromatic N) is 1. The predicted octanol–water partition coefficient (Wildman–Crippen LogP) is -0.543. The van der Waals surface area contributed by atoms with E-state index in [-0.39, 0.29) is 5.56 Å². The number of aromatic nitrogens is 2. The highest BCUT2D eigenvalue weighted by molar-refractivity contribution is 5.30. The Bertz CT molecular complexity index is 371. The van der Waals surface area contributed by atoms with E-state index in [2.05, 4.69) is 20.6 Å². The number of nitrogens with one attached hydrogen (secondary N) is 3. The molecule has 1 aromatic rings. The second-order valence-electron chi connectivity index (χ2n) is 3.02. The van der Waals surface area contributed by atoms with Gasteiger partial charge < -0.3 is 10.6 Å². The summed E-state index contributed by atoms with van der Waals surface area (Å²) < 4.78 is 0. The zero-order valence-electron chi connectivity index (χ0n) is 7.48. The molecule has 2 heterocycles. The molecule has 2 rings (SSSR count). The summed E-state index contributed by atoms with van der Waals surface area (Å²) in [6, 6.07) is 0. The molecule has 5 nitrogen and oxygen atoms in total. The largest absolute Gasteiger partial charge is 0.359 e. The Balaban J connectivity index is 2.53. The number of fused-ring (bicyclic) bond motifs is 1. The van der Waals surface area contributed by atoms with Crippen LogP contribution in [0.4, 0.5) is 5.95 Å². The Hall–Kier alpha value is -1.36. The summed E-state index contributed by atoms with van der Waals surface area (Å²) in [4.78, 5) is 18.4. The SMILES string of the molecule is CNc1nc2c(c(=O)[nH]1)CCNC2. The number of H-pyrrole nitrogens is 1. The normalized spacial score (nSPS) is 15.2. The van der Waals surface area contributed by atoms with Crippen LogP contribution in [0.1, 0.15) is 11.3 Å². The highest BCUT2D eigenvalue weighted by atomic mass is 16.1. The monoisotopic (exact) mass is 180 g/mol. The van der Waals surface area contributed by atoms with Gasteiger partial charge in [-0.2, -0.15) is 0 Å². The Morgan fingerprint density at radius 1 is 1.54 bits per heavy atom. The van der Waals surface area contributed by atoms with Crippen LogP contribution in [0.3, 0.4) is 0 Å². The third-order valence-electron chi connectivity index (χ3n) is 2.18. The first-order valence-corrected chi connectivity index (χ1v) is 4.32. The average molecular weight is 180 g/mol. The van der Waals surface area contributed by atoms with Crippen LogP contribution in [0.2, 0.25) is 0 Å². The fourth-order valence-electron chi connectivity index (χ4n) is 1.49. The van der Waals surface area contributed by atoms with Crippen molar-refractivity contribution in [1.82, 2.24) is 15.3 Å². The Morgan fingerprint density at radius 3 is 3.15 bits per heavy atom. The molecule has 0 aromatic carbocycles. The van der Waals surface area contributed by atoms with Gasteiger partial charge in [-0.05, 0) is 13.0 Å². The van der Waals surface area contributed by atoms with Crippen molar-refractivity contribution in [3.8, 4) is 0 Å². The third-order valence-corrected chi connectivity index (χ3v) is 2.18. The molecule has 0 saturated heterocycles. The van der Waals surface area contributed by atoms with Gasteiger partial charge in [0, 0.05) is 19.2 Å². The van der Waals surface area contributed by atoms with E-state index >= 15 is 0 Å². The molecule has 5 heteroatoms. The fourth-order valence-corrected chi connectivity index (χ4v) is 1.49. The van der Waals surface area contributed by atoms with Gasteiger partial charge in [-0.15, -0.1) is 0 Å². The van der Waals surface area contributed by atoms with E-state index in [0.29, 0.717) is 12.5 Å². The summed E-state index contributed by atoms with van der Waals surface area (Å²) in [5.41, 5.74) is 1.66. The van der Waals surface area contributed by atoms with Crippen molar-refractivity contribution >= 4 is 5.95 Å². The van der Waals surface area contributed by atoms with Crippen molar-refractivity contribution in [3.05, 3.63) is 21.6 Å². The number of rotatable bonds is 1. The van der Waals surface area contributed by atoms with Crippen molar-refractivity contribution in [3.63, 3.8) is 0 Å². The maximum Gasteiger partial charge on any atom is 0.255 e. The quantitative estimate of drug-likeness (QED) is 0.542. The van der Waals surface area contributed by atoms with Crippen molar-refractivity contribution in [2.24, 2.45) is 0 Å². The molecule has 0 saturated carbocycles. The molecule has 0 amide bonds. The van der Waals surface area contributed by atoms with Crippen LogP contribution in [0.15, 0.2) is 4.79 Å². The maximum absolute atomic E-state index is 11.5. The molecular formula is C8H12N4O. The van der Waals surface area contributed by atoms with Gasteiger partial charge in [0.15, 0.2) is 0 Å². The maximum atomic E-state index is 11.5. The topological polar surface area (TPSA) is 69.8 Å². The van der Waals surface area contributed by atoms with E-state index in [1.54, 1.807) is 7.05 Å². The first-order chi connectivity index (χ1) is 6.31. The van der Waals surface area contributed by atoms with Crippen LogP contribution < -0.4 is 16.2 Å². The Kier molecular flexibility index (Phi) is 2.02. The lowest BCUT2D eigenvalue weighted by Crippen LogP contribution is -2.31. The summed E-state index contributed by atoms with van der Waals surface area (Å²) in [7, 11) is 1.74. The zero-order valence-corrected chi connectivity index (χ0v) is 7.48. The second-order valence-corrected chi connectivity index (χ2v) is 3.02. The van der Waals surface area contributed by atoms with Crippen molar-refractivity contribution in [2.45, 2.75) is 13.0 Å². The van der Waals surface area contributed by atoms with Crippen LogP contribution in [-0.4, -0.2) is 23.6 Å². The minimum atomic E-state index is -0.0177. The van der Waals surface area contributed by atoms with E-state index in [1.165, 1.54) is 0 Å². The molecule has 0 aliphatic carbocycles. The van der Waals surface area contributed by atoms with Crippen LogP contribution in [0.5, 0.6) is 0 Å². The lowest BCUT2D eigenvalue weighted by molar-refractivity contribution is 0.619. The van der Waals surface area contributed by atoms with Crippen LogP contribution in [0, 0.1) is 0 Å². The van der Waals surface area contributed by atoms with Gasteiger partial charge in [0.2, 0.25) is 5.95 Å². The van der Waals surface area contributed by atoms with E-state index < -0.39 is 0 Å². The van der Waals surface area contributed by atoms with Crippen molar-refractivity contribution in [1.29, 1.82) is 0 Å². The van der Waals surface area contributed by atoms with Crippen molar-refractivity contribution < 1.29 is 0 Å². The number of aromatic amines is 1. The number of hydrogen-bond donors (Lipinski definition) is 3. The fraction of sp³-hybridized carbons (Fsp3) is 0.500. The Morgan fingerprint density at radius 2 is 2.38 bits per heavy atom. The molecule has 1 aliphatic rings. The van der Waals surface area contributed by atoms with Crippen LogP contribution >= 0.6 is 0 Å². The minimum Gasteiger partial charge on any atom is -0.359 e. The first kappa shape index (κ1) is 8.25. The van der Waals surface area contributed by atoms with Gasteiger partial charge in [-0.1, -0.05) is 0 Å². The summed E-state index contributed by atoms with van der Waals surface area (Å²) in [5, 5.41) is 6.00. The van der Waals surface area contributed by atoms with Gasteiger partial charge in [0.1, 0.15) is 0 Å². The molecule has 13 heavy (non-hydrogen) atoms. The van der Waals surface area contributed by atoms with E-state index in [1.807, 2.05) is 0 Å². The molecule has 0 atom stereocenters. The van der Waals surface area contributed by atoms with Crippen LogP contribution in [0.25, 0.3) is 0 Å². The second kappa shape index (κ2) is 3.18. The van der Waals surface area contributed by atoms with E-state index in [9.17, 15) is 4.79 Å². The molecular weight excluding hydrogens is 168 g/mol. The van der Waals surface area contributed by atoms with Crippen molar-refractivity contribution in [2.75, 3.05) is 18.9 Å². The summed E-state index contributed by atoms with van der Waals surface area (Å²) in [5.74, 6) is 0.535. The molecule has 3 N–H and O–H groups in total. The van der Waals surface area contributed by atoms with Gasteiger partial charge in [0.25, 0.3) is 5.56 Å². The molecule has 0 radical (unpaired) electrons. The average Bonchev–Trinajstić information content (AvgIpc) is 2.18. The summed E-state index contributed by atoms with van der Waals surface area (Å²) in [6.07, 6.45) is 0.766. The zero-order chi connectivity index (χ0) is 9.26. The van der Waals surface area contributed by atoms with Crippen LogP contribution in [-0.2, 0) is 13.0 Å². The first-order valence-electron chi connectivity index (χ1n) is 4.32. The highest BCUT2D eigenvalue weighted by Gasteiger charge is 2.14. The number of hydrogen-bond acceptors (Lipinski definition) is 4. The van der Waals surface area contributed by atoms with Gasteiger partial charge in [-0.25, -0.2) is 4.98 Å². The molecule has 0 bridgehead atoms. The summed E-state index contributed by atoms with van der Waals surface area (Å²) in [6.45, 7) is 1.55. The third kappa shape index (κ3) is 1.42. The molecule has 0 unspecified atom stereocenters. The van der Waals surface area contributed by atoms with E-state index in [0.717, 1.165) is 24.2 Å². The molecule has 0 spiro atoms. The minimum absolute atomic E-state index is 0.0177. The lowest BCUT2D eigenvalue weighted by atomic mass is 10.1. The van der Waals surface area contributed by atoms with Gasteiger partial charge >= 0.3 is 0 Å². The number of anilines is 1. The molecule has 1 aliphatic heterocycles. The lowest BCUT2D eigenvalue weighted by Gasteiger charge is -2.15. The molecule has 70 valence electrons. The molecule has 0 fully saturated rings. The highest BCUT2D eigenvalue weighted by Crippen LogP contribution is 2.07. The standard InChI is InChI=1S/C8H12N4O/c1-9-8-11-6-4-10-3-2-5(6)7(13)12-8/h10H,2-4H2,1H3,(H2,9,11,12,13). The predicted molar refractivity (Wildman–Crippen MR) is 49.8 cm³/mol. The molecule has 1 aromatic heterocycles. The Labute approximate surface area is 75.6 Å². The van der Waals surface area contributed by atoms with Gasteiger partial charge in [-0.3, -0.25) is 9.78 Å². The van der Waals surface area contributed by atoms with E-state index in [4.69, 9.17) is 0 Å².